The highest BCUT2D eigenvalue weighted by molar-refractivity contribution is 5.70. The summed E-state index contributed by atoms with van der Waals surface area (Å²) in [5.74, 6) is -0.283. The maximum absolute atomic E-state index is 11.4. The number of carbonyl (C=O) groups excluding carboxylic acids is 1. The van der Waals surface area contributed by atoms with E-state index in [0.29, 0.717) is 6.61 Å². The van der Waals surface area contributed by atoms with E-state index in [4.69, 9.17) is 4.74 Å². The molecular weight excluding hydrogens is 192 g/mol. The Kier molecular flexibility index (Phi) is 3.55. The van der Waals surface area contributed by atoms with Crippen LogP contribution in [0.4, 0.5) is 0 Å². The van der Waals surface area contributed by atoms with Crippen molar-refractivity contribution in [3.8, 4) is 0 Å². The molecule has 1 aliphatic rings. The van der Waals surface area contributed by atoms with E-state index in [1.807, 2.05) is 13.0 Å². The molecule has 0 spiro atoms. The molecule has 86 valence electrons. The molecule has 0 radical (unpaired) electrons. The van der Waals surface area contributed by atoms with Gasteiger partial charge in [0.1, 0.15) is 0 Å². The molecule has 0 aliphatic heterocycles. The lowest BCUT2D eigenvalue weighted by Gasteiger charge is -2.30. The Bertz CT molecular complexity index is 279. The lowest BCUT2D eigenvalue weighted by Crippen LogP contribution is -2.30. The zero-order valence-corrected chi connectivity index (χ0v) is 9.91. The lowest BCUT2D eigenvalue weighted by molar-refractivity contribution is -0.145. The van der Waals surface area contributed by atoms with Gasteiger partial charge in [0.25, 0.3) is 0 Å². The third-order valence-corrected chi connectivity index (χ3v) is 3.47. The van der Waals surface area contributed by atoms with E-state index in [-0.39, 0.29) is 23.7 Å². The number of rotatable bonds is 3. The predicted molar refractivity (Wildman–Crippen MR) is 58.3 cm³/mol. The molecule has 0 heterocycles. The molecule has 2 unspecified atom stereocenters. The standard InChI is InChI=1S/C12H20O3/c1-5-15-11(14)7-9-10(13)6-8(2)12(9,3)4/h6,9-10,13H,5,7H2,1-4H3. The van der Waals surface area contributed by atoms with E-state index >= 15 is 0 Å². The molecule has 1 N–H and O–H groups in total. The molecule has 2 atom stereocenters. The molecule has 0 saturated carbocycles. The van der Waals surface area contributed by atoms with E-state index in [1.165, 1.54) is 0 Å². The van der Waals surface area contributed by atoms with Crippen LogP contribution in [0.15, 0.2) is 11.6 Å². The summed E-state index contributed by atoms with van der Waals surface area (Å²) < 4.78 is 4.91. The van der Waals surface area contributed by atoms with Crippen LogP contribution in [0.1, 0.15) is 34.1 Å². The predicted octanol–water partition coefficient (Wildman–Crippen LogP) is 1.90. The summed E-state index contributed by atoms with van der Waals surface area (Å²) in [4.78, 5) is 11.4. The molecule has 15 heavy (non-hydrogen) atoms. The lowest BCUT2D eigenvalue weighted by atomic mass is 9.75. The number of aliphatic hydroxyl groups excluding tert-OH is 1. The van der Waals surface area contributed by atoms with Crippen molar-refractivity contribution in [2.24, 2.45) is 11.3 Å². The van der Waals surface area contributed by atoms with Gasteiger partial charge in [0.05, 0.1) is 19.1 Å². The summed E-state index contributed by atoms with van der Waals surface area (Å²) in [6.07, 6.45) is 1.60. The normalized spacial score (nSPS) is 28.7. The molecule has 0 fully saturated rings. The van der Waals surface area contributed by atoms with Crippen molar-refractivity contribution in [2.75, 3.05) is 6.61 Å². The fourth-order valence-corrected chi connectivity index (χ4v) is 2.08. The first-order chi connectivity index (χ1) is 6.89. The molecule has 3 nitrogen and oxygen atoms in total. The number of esters is 1. The van der Waals surface area contributed by atoms with Gasteiger partial charge < -0.3 is 9.84 Å². The monoisotopic (exact) mass is 212 g/mol. The van der Waals surface area contributed by atoms with Gasteiger partial charge in [-0.1, -0.05) is 25.5 Å². The summed E-state index contributed by atoms with van der Waals surface area (Å²) >= 11 is 0. The average molecular weight is 212 g/mol. The van der Waals surface area contributed by atoms with Gasteiger partial charge >= 0.3 is 5.97 Å². The second kappa shape index (κ2) is 4.35. The first-order valence-electron chi connectivity index (χ1n) is 5.42. The maximum atomic E-state index is 11.4. The fourth-order valence-electron chi connectivity index (χ4n) is 2.08. The topological polar surface area (TPSA) is 46.5 Å². The third-order valence-electron chi connectivity index (χ3n) is 3.47. The van der Waals surface area contributed by atoms with Crippen LogP contribution in [0.25, 0.3) is 0 Å². The largest absolute Gasteiger partial charge is 0.466 e. The number of ether oxygens (including phenoxy) is 1. The molecule has 3 heteroatoms. The third kappa shape index (κ3) is 2.40. The van der Waals surface area contributed by atoms with Gasteiger partial charge in [-0.25, -0.2) is 0 Å². The zero-order valence-electron chi connectivity index (χ0n) is 9.91. The Labute approximate surface area is 91.1 Å². The quantitative estimate of drug-likeness (QED) is 0.574. The van der Waals surface area contributed by atoms with Crippen molar-refractivity contribution in [2.45, 2.75) is 40.2 Å². The maximum Gasteiger partial charge on any atom is 0.306 e. The molecule has 0 saturated heterocycles. The van der Waals surface area contributed by atoms with Gasteiger partial charge in [-0.3, -0.25) is 4.79 Å². The smallest absolute Gasteiger partial charge is 0.306 e. The molecule has 0 amide bonds. The minimum atomic E-state index is -0.524. The minimum Gasteiger partial charge on any atom is -0.466 e. The van der Waals surface area contributed by atoms with Crippen LogP contribution >= 0.6 is 0 Å². The Balaban J connectivity index is 2.67. The highest BCUT2D eigenvalue weighted by Crippen LogP contribution is 2.44. The number of allylic oxidation sites excluding steroid dienone is 1. The SMILES string of the molecule is CCOC(=O)CC1C(O)C=C(C)C1(C)C. The fraction of sp³-hybridized carbons (Fsp3) is 0.750. The van der Waals surface area contributed by atoms with Gasteiger partial charge in [0.2, 0.25) is 0 Å². The molecule has 0 aromatic carbocycles. The number of hydrogen-bond acceptors (Lipinski definition) is 3. The van der Waals surface area contributed by atoms with Gasteiger partial charge in [0.15, 0.2) is 0 Å². The number of carbonyl (C=O) groups is 1. The van der Waals surface area contributed by atoms with Gasteiger partial charge in [0, 0.05) is 5.92 Å². The zero-order chi connectivity index (χ0) is 11.6. The summed E-state index contributed by atoms with van der Waals surface area (Å²) in [5.41, 5.74) is 1.02. The molecule has 0 bridgehead atoms. The summed E-state index contributed by atoms with van der Waals surface area (Å²) in [6, 6.07) is 0. The van der Waals surface area contributed by atoms with Crippen molar-refractivity contribution in [3.63, 3.8) is 0 Å². The van der Waals surface area contributed by atoms with Crippen LogP contribution in [0, 0.1) is 11.3 Å². The molecule has 0 aromatic heterocycles. The Morgan fingerprint density at radius 1 is 1.60 bits per heavy atom. The van der Waals surface area contributed by atoms with Crippen LogP contribution in [-0.4, -0.2) is 23.8 Å². The highest BCUT2D eigenvalue weighted by atomic mass is 16.5. The van der Waals surface area contributed by atoms with Crippen LogP contribution < -0.4 is 0 Å². The molecule has 0 aromatic rings. The van der Waals surface area contributed by atoms with Crippen molar-refractivity contribution < 1.29 is 14.6 Å². The van der Waals surface area contributed by atoms with Crippen molar-refractivity contribution >= 4 is 5.97 Å². The second-order valence-electron chi connectivity index (χ2n) is 4.68. The van der Waals surface area contributed by atoms with Gasteiger partial charge in [-0.05, 0) is 19.3 Å². The van der Waals surface area contributed by atoms with Crippen molar-refractivity contribution in [1.29, 1.82) is 0 Å². The van der Waals surface area contributed by atoms with E-state index in [0.717, 1.165) is 5.57 Å². The van der Waals surface area contributed by atoms with E-state index in [9.17, 15) is 9.90 Å². The van der Waals surface area contributed by atoms with Crippen molar-refractivity contribution in [1.82, 2.24) is 0 Å². The van der Waals surface area contributed by atoms with Crippen LogP contribution in [-0.2, 0) is 9.53 Å². The Morgan fingerprint density at radius 2 is 2.20 bits per heavy atom. The molecular formula is C12H20O3. The first kappa shape index (κ1) is 12.2. The van der Waals surface area contributed by atoms with E-state index in [2.05, 4.69) is 13.8 Å². The Morgan fingerprint density at radius 3 is 2.60 bits per heavy atom. The molecule has 1 rings (SSSR count). The van der Waals surface area contributed by atoms with Gasteiger partial charge in [-0.15, -0.1) is 0 Å². The molecule has 1 aliphatic carbocycles. The van der Waals surface area contributed by atoms with Crippen LogP contribution in [0.5, 0.6) is 0 Å². The first-order valence-corrected chi connectivity index (χ1v) is 5.42. The summed E-state index contributed by atoms with van der Waals surface area (Å²) in [6.45, 7) is 8.29. The minimum absolute atomic E-state index is 0.0588. The van der Waals surface area contributed by atoms with Gasteiger partial charge in [-0.2, -0.15) is 0 Å². The van der Waals surface area contributed by atoms with Crippen LogP contribution in [0.2, 0.25) is 0 Å². The number of aliphatic hydroxyl groups is 1. The van der Waals surface area contributed by atoms with Crippen molar-refractivity contribution in [3.05, 3.63) is 11.6 Å². The van der Waals surface area contributed by atoms with Crippen LogP contribution in [0.3, 0.4) is 0 Å². The summed E-state index contributed by atoms with van der Waals surface area (Å²) in [7, 11) is 0. The highest BCUT2D eigenvalue weighted by Gasteiger charge is 2.41. The Hall–Kier alpha value is -0.830. The van der Waals surface area contributed by atoms with E-state index in [1.54, 1.807) is 6.92 Å². The second-order valence-corrected chi connectivity index (χ2v) is 4.68. The summed E-state index contributed by atoms with van der Waals surface area (Å²) in [5, 5.41) is 9.83. The number of hydrogen-bond donors (Lipinski definition) is 1. The van der Waals surface area contributed by atoms with E-state index < -0.39 is 6.10 Å². The average Bonchev–Trinajstić information content (AvgIpc) is 2.29.